The van der Waals surface area contributed by atoms with Crippen LogP contribution in [-0.4, -0.2) is 13.4 Å². The molecule has 0 saturated heterocycles. The van der Waals surface area contributed by atoms with E-state index in [1.165, 1.54) is 6.20 Å². The van der Waals surface area contributed by atoms with Gasteiger partial charge in [-0.2, -0.15) is 0 Å². The number of thiazole rings is 1. The summed E-state index contributed by atoms with van der Waals surface area (Å²) in [5, 5.41) is 1.92. The predicted molar refractivity (Wildman–Crippen MR) is 103 cm³/mol. The first kappa shape index (κ1) is 19.8. The Morgan fingerprint density at radius 3 is 2.63 bits per heavy atom. The quantitative estimate of drug-likeness (QED) is 0.545. The highest BCUT2D eigenvalue weighted by atomic mass is 35.5. The van der Waals surface area contributed by atoms with Crippen molar-refractivity contribution < 1.29 is 17.5 Å². The lowest BCUT2D eigenvalue weighted by molar-refractivity contribution is 0.213. The summed E-state index contributed by atoms with van der Waals surface area (Å²) in [5.41, 5.74) is 6.41. The van der Waals surface area contributed by atoms with Crippen LogP contribution in [0.3, 0.4) is 0 Å². The van der Waals surface area contributed by atoms with Crippen LogP contribution in [0.2, 0.25) is 10.0 Å². The van der Waals surface area contributed by atoms with E-state index in [-0.39, 0.29) is 15.9 Å². The van der Waals surface area contributed by atoms with Gasteiger partial charge in [-0.1, -0.05) is 41.4 Å². The molecule has 3 rings (SSSR count). The Labute approximate surface area is 168 Å². The fourth-order valence-corrected chi connectivity index (χ4v) is 4.55. The minimum atomic E-state index is -4.21. The van der Waals surface area contributed by atoms with Gasteiger partial charge in [0.1, 0.15) is 16.5 Å². The molecule has 11 heteroatoms. The number of rotatable bonds is 6. The molecule has 1 atom stereocenters. The molecule has 3 N–H and O–H groups in total. The zero-order valence-electron chi connectivity index (χ0n) is 13.4. The minimum Gasteiger partial charge on any atom is -0.470 e. The first-order valence-corrected chi connectivity index (χ1v) is 10.5. The summed E-state index contributed by atoms with van der Waals surface area (Å²) in [5.74, 6) is -1.17. The van der Waals surface area contributed by atoms with Gasteiger partial charge >= 0.3 is 0 Å². The summed E-state index contributed by atoms with van der Waals surface area (Å²) in [4.78, 5) is 3.16. The van der Waals surface area contributed by atoms with Gasteiger partial charge in [-0.15, -0.1) is 11.3 Å². The van der Waals surface area contributed by atoms with Crippen molar-refractivity contribution >= 4 is 49.7 Å². The molecule has 3 aromatic rings. The van der Waals surface area contributed by atoms with Crippen molar-refractivity contribution in [3.05, 3.63) is 69.4 Å². The van der Waals surface area contributed by atoms with Gasteiger partial charge in [0.2, 0.25) is 0 Å². The lowest BCUT2D eigenvalue weighted by Crippen LogP contribution is -2.19. The van der Waals surface area contributed by atoms with E-state index in [4.69, 9.17) is 33.7 Å². The van der Waals surface area contributed by atoms with Crippen molar-refractivity contribution in [2.45, 2.75) is 11.1 Å². The monoisotopic (exact) mass is 447 g/mol. The first-order chi connectivity index (χ1) is 12.8. The highest BCUT2D eigenvalue weighted by Gasteiger charge is 2.24. The average Bonchev–Trinajstić information content (AvgIpc) is 3.10. The van der Waals surface area contributed by atoms with Crippen LogP contribution in [0, 0.1) is 5.82 Å². The molecule has 0 spiro atoms. The SMILES string of the molecule is N[C@H](Oc1cc(F)c(S(=O)(=O)Nc2nccs2)cc1Cl)c1ccccc1Cl. The minimum absolute atomic E-state index is 0.103. The Morgan fingerprint density at radius 1 is 1.22 bits per heavy atom. The van der Waals surface area contributed by atoms with E-state index in [2.05, 4.69) is 9.71 Å². The molecule has 0 aliphatic heterocycles. The molecular weight excluding hydrogens is 436 g/mol. The zero-order valence-corrected chi connectivity index (χ0v) is 16.5. The molecule has 1 aromatic heterocycles. The van der Waals surface area contributed by atoms with Crippen LogP contribution in [0.1, 0.15) is 11.8 Å². The first-order valence-electron chi connectivity index (χ1n) is 7.36. The van der Waals surface area contributed by atoms with E-state index < -0.39 is 27.0 Å². The van der Waals surface area contributed by atoms with E-state index >= 15 is 0 Å². The van der Waals surface area contributed by atoms with Gasteiger partial charge in [0.05, 0.1) is 5.02 Å². The van der Waals surface area contributed by atoms with Gasteiger partial charge in [-0.25, -0.2) is 17.8 Å². The standard InChI is InChI=1S/C16H12Cl2FN3O3S2/c17-10-4-2-1-3-9(10)15(20)25-13-8-12(19)14(7-11(13)18)27(23,24)22-16-21-5-6-26-16/h1-8,15H,20H2,(H,21,22)/t15-/m1/s1. The normalized spacial score (nSPS) is 12.6. The van der Waals surface area contributed by atoms with Crippen LogP contribution in [0.25, 0.3) is 0 Å². The van der Waals surface area contributed by atoms with Gasteiger partial charge in [-0.3, -0.25) is 10.5 Å². The number of ether oxygens (including phenoxy) is 1. The van der Waals surface area contributed by atoms with Crippen molar-refractivity contribution in [2.24, 2.45) is 5.73 Å². The lowest BCUT2D eigenvalue weighted by atomic mass is 10.2. The number of nitrogens with one attached hydrogen (secondary N) is 1. The van der Waals surface area contributed by atoms with Crippen molar-refractivity contribution in [2.75, 3.05) is 4.72 Å². The fraction of sp³-hybridized carbons (Fsp3) is 0.0625. The van der Waals surface area contributed by atoms with Crippen molar-refractivity contribution in [3.63, 3.8) is 0 Å². The van der Waals surface area contributed by atoms with Crippen LogP contribution in [-0.2, 0) is 10.0 Å². The average molecular weight is 448 g/mol. The lowest BCUT2D eigenvalue weighted by Gasteiger charge is -2.18. The van der Waals surface area contributed by atoms with Crippen LogP contribution in [0.15, 0.2) is 52.9 Å². The van der Waals surface area contributed by atoms with E-state index in [0.29, 0.717) is 10.6 Å². The summed E-state index contributed by atoms with van der Waals surface area (Å²) < 4.78 is 46.8. The van der Waals surface area contributed by atoms with Gasteiger partial charge < -0.3 is 4.74 Å². The molecule has 0 amide bonds. The second-order valence-corrected chi connectivity index (χ2v) is 8.58. The van der Waals surface area contributed by atoms with Crippen LogP contribution in [0.4, 0.5) is 9.52 Å². The number of sulfonamides is 1. The molecular formula is C16H12Cl2FN3O3S2. The molecule has 0 unspecified atom stereocenters. The van der Waals surface area contributed by atoms with Crippen molar-refractivity contribution in [3.8, 4) is 5.75 Å². The van der Waals surface area contributed by atoms with Gasteiger partial charge in [0.15, 0.2) is 11.4 Å². The number of aromatic nitrogens is 1. The Kier molecular flexibility index (Phi) is 5.87. The Morgan fingerprint density at radius 2 is 1.96 bits per heavy atom. The topological polar surface area (TPSA) is 94.3 Å². The Hall–Kier alpha value is -1.91. The maximum atomic E-state index is 14.4. The Balaban J connectivity index is 1.88. The number of nitrogens with two attached hydrogens (primary N) is 1. The molecule has 0 fully saturated rings. The number of nitrogens with zero attached hydrogens (tertiary/aromatic N) is 1. The number of benzene rings is 2. The summed E-state index contributed by atoms with van der Waals surface area (Å²) in [6.45, 7) is 0. The third-order valence-electron chi connectivity index (χ3n) is 3.40. The number of hydrogen-bond acceptors (Lipinski definition) is 6. The smallest absolute Gasteiger partial charge is 0.266 e. The molecule has 0 saturated carbocycles. The fourth-order valence-electron chi connectivity index (χ4n) is 2.16. The van der Waals surface area contributed by atoms with Crippen molar-refractivity contribution in [1.29, 1.82) is 0 Å². The third-order valence-corrected chi connectivity index (χ3v) is 6.21. The molecule has 0 aliphatic carbocycles. The Bertz CT molecular complexity index is 1060. The number of hydrogen-bond donors (Lipinski definition) is 2. The molecule has 142 valence electrons. The number of halogens is 3. The maximum absolute atomic E-state index is 14.4. The van der Waals surface area contributed by atoms with E-state index in [9.17, 15) is 12.8 Å². The third kappa shape index (κ3) is 4.50. The second kappa shape index (κ2) is 7.99. The summed E-state index contributed by atoms with van der Waals surface area (Å²) >= 11 is 13.2. The second-order valence-electron chi connectivity index (χ2n) is 5.22. The van der Waals surface area contributed by atoms with E-state index in [1.54, 1.807) is 29.6 Å². The predicted octanol–water partition coefficient (Wildman–Crippen LogP) is 4.43. The summed E-state index contributed by atoms with van der Waals surface area (Å²) in [7, 11) is -4.21. The van der Waals surface area contributed by atoms with Crippen LogP contribution < -0.4 is 15.2 Å². The zero-order chi connectivity index (χ0) is 19.6. The van der Waals surface area contributed by atoms with Gasteiger partial charge in [0, 0.05) is 28.2 Å². The highest BCUT2D eigenvalue weighted by Crippen LogP contribution is 2.33. The molecule has 1 heterocycles. The summed E-state index contributed by atoms with van der Waals surface area (Å²) in [6, 6.07) is 8.51. The largest absolute Gasteiger partial charge is 0.470 e. The molecule has 0 bridgehead atoms. The van der Waals surface area contributed by atoms with E-state index in [1.807, 2.05) is 0 Å². The molecule has 0 aliphatic rings. The molecule has 0 radical (unpaired) electrons. The molecule has 2 aromatic carbocycles. The summed E-state index contributed by atoms with van der Waals surface area (Å²) in [6.07, 6.45) is 0.394. The highest BCUT2D eigenvalue weighted by molar-refractivity contribution is 7.93. The molecule has 27 heavy (non-hydrogen) atoms. The van der Waals surface area contributed by atoms with Crippen LogP contribution >= 0.6 is 34.5 Å². The van der Waals surface area contributed by atoms with Gasteiger partial charge in [0.25, 0.3) is 10.0 Å². The number of anilines is 1. The van der Waals surface area contributed by atoms with Crippen LogP contribution in [0.5, 0.6) is 5.75 Å². The van der Waals surface area contributed by atoms with E-state index in [0.717, 1.165) is 23.5 Å². The van der Waals surface area contributed by atoms with Gasteiger partial charge in [-0.05, 0) is 12.1 Å². The maximum Gasteiger partial charge on any atom is 0.266 e. The van der Waals surface area contributed by atoms with Crippen molar-refractivity contribution in [1.82, 2.24) is 4.98 Å². The molecule has 6 nitrogen and oxygen atoms in total.